The summed E-state index contributed by atoms with van der Waals surface area (Å²) in [4.78, 5) is 0. The second-order valence-electron chi connectivity index (χ2n) is 9.57. The maximum absolute atomic E-state index is 15.4. The van der Waals surface area contributed by atoms with Crippen LogP contribution in [0.2, 0.25) is 0 Å². The first kappa shape index (κ1) is 22.6. The number of benzene rings is 3. The minimum Gasteiger partial charge on any atom is -0.344 e. The Hall–Kier alpha value is -2.19. The van der Waals surface area contributed by atoms with E-state index in [0.29, 0.717) is 0 Å². The van der Waals surface area contributed by atoms with Crippen molar-refractivity contribution in [3.63, 3.8) is 0 Å². The lowest BCUT2D eigenvalue weighted by molar-refractivity contribution is -0.183. The van der Waals surface area contributed by atoms with E-state index in [9.17, 15) is 0 Å². The molecular weight excluding hydrogens is 427 g/mol. The molecule has 2 fully saturated rings. The number of hydrogen-bond donors (Lipinski definition) is 0. The van der Waals surface area contributed by atoms with Gasteiger partial charge >= 0.3 is 0 Å². The Kier molecular flexibility index (Phi) is 6.31. The molecule has 3 aromatic rings. The minimum atomic E-state index is -2.95. The van der Waals surface area contributed by atoms with Crippen LogP contribution in [0.15, 0.2) is 91.0 Å². The molecule has 2 aliphatic rings. The molecule has 1 saturated carbocycles. The van der Waals surface area contributed by atoms with Gasteiger partial charge in [0.15, 0.2) is 5.79 Å². The maximum Gasteiger partial charge on any atom is 0.169 e. The van der Waals surface area contributed by atoms with Crippen molar-refractivity contribution in [2.24, 2.45) is 0 Å². The van der Waals surface area contributed by atoms with Gasteiger partial charge in [-0.2, -0.15) is 0 Å². The topological polar surface area (TPSA) is 35.5 Å². The van der Waals surface area contributed by atoms with E-state index in [-0.39, 0.29) is 23.8 Å². The third-order valence-corrected chi connectivity index (χ3v) is 11.2. The Labute approximate surface area is 197 Å². The summed E-state index contributed by atoms with van der Waals surface area (Å²) in [6.07, 6.45) is 3.49. The van der Waals surface area contributed by atoms with Crippen molar-refractivity contribution in [2.75, 3.05) is 0 Å². The molecule has 3 aromatic carbocycles. The lowest BCUT2D eigenvalue weighted by Gasteiger charge is -2.36. The summed E-state index contributed by atoms with van der Waals surface area (Å²) < 4.78 is 28.3. The molecule has 1 aliphatic carbocycles. The van der Waals surface area contributed by atoms with E-state index in [1.165, 1.54) is 5.56 Å². The number of ether oxygens (including phenoxy) is 2. The van der Waals surface area contributed by atoms with Crippen LogP contribution in [-0.4, -0.2) is 23.7 Å². The second kappa shape index (κ2) is 9.22. The molecule has 33 heavy (non-hydrogen) atoms. The molecule has 0 N–H and O–H groups in total. The van der Waals surface area contributed by atoms with Gasteiger partial charge in [-0.1, -0.05) is 91.0 Å². The van der Waals surface area contributed by atoms with Crippen molar-refractivity contribution in [3.8, 4) is 0 Å². The molecular formula is C29H33O3P. The molecule has 0 radical (unpaired) electrons. The SMILES string of the molecule is CC1OC2(CCCC(P(=O)(c3ccccc3)c3ccccc3)C(c3ccccc3)C2)OC1C. The molecule has 0 amide bonds. The van der Waals surface area contributed by atoms with Gasteiger partial charge in [0, 0.05) is 29.1 Å². The standard InChI is InChI=1S/C29H33O3P/c1-22-23(2)32-29(31-22)20-12-19-28(27(21-29)24-13-6-3-7-14-24)33(30,25-15-8-4-9-16-25)26-17-10-5-11-18-26/h3-11,13-18,22-23,27-28H,12,19-21H2,1-2H3. The average Bonchev–Trinajstić information content (AvgIpc) is 3.02. The van der Waals surface area contributed by atoms with Crippen LogP contribution in [0.5, 0.6) is 0 Å². The molecule has 0 aromatic heterocycles. The first-order chi connectivity index (χ1) is 16.0. The Bertz CT molecular complexity index is 1050. The molecule has 172 valence electrons. The fourth-order valence-electron chi connectivity index (χ4n) is 5.77. The quantitative estimate of drug-likeness (QED) is 0.432. The smallest absolute Gasteiger partial charge is 0.169 e. The fraction of sp³-hybridized carbons (Fsp3) is 0.379. The second-order valence-corrected chi connectivity index (χ2v) is 12.6. The Morgan fingerprint density at radius 2 is 1.24 bits per heavy atom. The summed E-state index contributed by atoms with van der Waals surface area (Å²) in [5.41, 5.74) is 1.19. The lowest BCUT2D eigenvalue weighted by Crippen LogP contribution is -2.35. The normalized spacial score (nSPS) is 30.2. The molecule has 1 heterocycles. The van der Waals surface area contributed by atoms with Crippen LogP contribution in [-0.2, 0) is 14.0 Å². The van der Waals surface area contributed by atoms with Crippen molar-refractivity contribution < 1.29 is 14.0 Å². The van der Waals surface area contributed by atoms with E-state index in [1.807, 2.05) is 66.7 Å². The van der Waals surface area contributed by atoms with E-state index in [0.717, 1.165) is 36.3 Å². The third kappa shape index (κ3) is 4.23. The van der Waals surface area contributed by atoms with Crippen LogP contribution in [0.3, 0.4) is 0 Å². The molecule has 3 nitrogen and oxygen atoms in total. The third-order valence-electron chi connectivity index (χ3n) is 7.49. The molecule has 1 spiro atoms. The predicted molar refractivity (Wildman–Crippen MR) is 135 cm³/mol. The number of hydrogen-bond acceptors (Lipinski definition) is 3. The molecule has 0 bridgehead atoms. The van der Waals surface area contributed by atoms with E-state index in [2.05, 4.69) is 38.1 Å². The minimum absolute atomic E-state index is 0.0255. The summed E-state index contributed by atoms with van der Waals surface area (Å²) in [5, 5.41) is 1.88. The zero-order valence-corrected chi connectivity index (χ0v) is 20.4. The van der Waals surface area contributed by atoms with Gasteiger partial charge in [-0.25, -0.2) is 0 Å². The molecule has 1 saturated heterocycles. The van der Waals surface area contributed by atoms with Crippen LogP contribution < -0.4 is 10.6 Å². The highest BCUT2D eigenvalue weighted by Gasteiger charge is 2.51. The van der Waals surface area contributed by atoms with Crippen molar-refractivity contribution >= 4 is 17.8 Å². The average molecular weight is 461 g/mol. The maximum atomic E-state index is 15.4. The van der Waals surface area contributed by atoms with Crippen LogP contribution in [0.1, 0.15) is 51.0 Å². The highest BCUT2D eigenvalue weighted by molar-refractivity contribution is 7.79. The predicted octanol–water partition coefficient (Wildman–Crippen LogP) is 6.25. The zero-order chi connectivity index (χ0) is 22.9. The van der Waals surface area contributed by atoms with E-state index in [4.69, 9.17) is 9.47 Å². The van der Waals surface area contributed by atoms with E-state index >= 15 is 4.57 Å². The summed E-state index contributed by atoms with van der Waals surface area (Å²) in [6, 6.07) is 30.8. The first-order valence-electron chi connectivity index (χ1n) is 12.1. The van der Waals surface area contributed by atoms with E-state index in [1.54, 1.807) is 0 Å². The Balaban J connectivity index is 1.66. The van der Waals surface area contributed by atoms with Gasteiger partial charge in [-0.3, -0.25) is 0 Å². The molecule has 1 aliphatic heterocycles. The van der Waals surface area contributed by atoms with Crippen LogP contribution >= 0.6 is 7.14 Å². The van der Waals surface area contributed by atoms with Gasteiger partial charge in [-0.05, 0) is 38.2 Å². The molecule has 5 rings (SSSR count). The monoisotopic (exact) mass is 460 g/mol. The Morgan fingerprint density at radius 1 is 0.758 bits per heavy atom. The van der Waals surface area contributed by atoms with Crippen LogP contribution in [0.4, 0.5) is 0 Å². The largest absolute Gasteiger partial charge is 0.344 e. The summed E-state index contributed by atoms with van der Waals surface area (Å²) in [7, 11) is -2.95. The summed E-state index contributed by atoms with van der Waals surface area (Å²) in [6.45, 7) is 4.19. The number of rotatable bonds is 4. The summed E-state index contributed by atoms with van der Waals surface area (Å²) in [5.74, 6) is -0.538. The van der Waals surface area contributed by atoms with Gasteiger partial charge in [0.05, 0.1) is 12.2 Å². The molecule has 4 heteroatoms. The van der Waals surface area contributed by atoms with Crippen molar-refractivity contribution in [1.82, 2.24) is 0 Å². The van der Waals surface area contributed by atoms with Crippen molar-refractivity contribution in [3.05, 3.63) is 96.6 Å². The highest BCUT2D eigenvalue weighted by atomic mass is 31.2. The Morgan fingerprint density at radius 3 is 1.76 bits per heavy atom. The molecule has 4 atom stereocenters. The van der Waals surface area contributed by atoms with Gasteiger partial charge in [0.2, 0.25) is 0 Å². The van der Waals surface area contributed by atoms with Gasteiger partial charge in [0.1, 0.15) is 7.14 Å². The van der Waals surface area contributed by atoms with Crippen LogP contribution in [0, 0.1) is 0 Å². The van der Waals surface area contributed by atoms with E-state index < -0.39 is 12.9 Å². The fourth-order valence-corrected chi connectivity index (χ4v) is 9.40. The van der Waals surface area contributed by atoms with Gasteiger partial charge in [-0.15, -0.1) is 0 Å². The highest BCUT2D eigenvalue weighted by Crippen LogP contribution is 2.59. The lowest BCUT2D eigenvalue weighted by atomic mass is 9.89. The summed E-state index contributed by atoms with van der Waals surface area (Å²) >= 11 is 0. The van der Waals surface area contributed by atoms with Crippen molar-refractivity contribution in [2.45, 2.75) is 69.1 Å². The first-order valence-corrected chi connectivity index (χ1v) is 13.9. The van der Waals surface area contributed by atoms with Crippen molar-refractivity contribution in [1.29, 1.82) is 0 Å². The molecule has 4 unspecified atom stereocenters. The van der Waals surface area contributed by atoms with Crippen LogP contribution in [0.25, 0.3) is 0 Å². The zero-order valence-electron chi connectivity index (χ0n) is 19.5. The van der Waals surface area contributed by atoms with Gasteiger partial charge < -0.3 is 14.0 Å². The van der Waals surface area contributed by atoms with Gasteiger partial charge in [0.25, 0.3) is 0 Å².